The van der Waals surface area contributed by atoms with E-state index in [0.717, 1.165) is 37.9 Å². The van der Waals surface area contributed by atoms with Crippen LogP contribution < -0.4 is 16.3 Å². The number of nitrogens with one attached hydrogen (secondary N) is 2. The third-order valence-corrected chi connectivity index (χ3v) is 5.32. The van der Waals surface area contributed by atoms with E-state index in [2.05, 4.69) is 20.5 Å². The zero-order valence-corrected chi connectivity index (χ0v) is 18.1. The molecule has 1 fully saturated rings. The van der Waals surface area contributed by atoms with Crippen molar-refractivity contribution in [1.29, 1.82) is 0 Å². The largest absolute Gasteiger partial charge is 0.347 e. The summed E-state index contributed by atoms with van der Waals surface area (Å²) in [5.74, 6) is 0.150. The molecule has 0 aliphatic carbocycles. The first-order chi connectivity index (χ1) is 14.9. The molecule has 0 spiro atoms. The molecule has 9 heteroatoms. The maximum atomic E-state index is 12.2. The van der Waals surface area contributed by atoms with Gasteiger partial charge < -0.3 is 15.5 Å². The highest BCUT2D eigenvalue weighted by atomic mass is 16.2. The third kappa shape index (κ3) is 6.39. The molecule has 1 aliphatic rings. The second-order valence-electron chi connectivity index (χ2n) is 7.89. The van der Waals surface area contributed by atoms with Crippen LogP contribution in [0.2, 0.25) is 0 Å². The molecule has 1 aromatic carbocycles. The number of rotatable bonds is 8. The Morgan fingerprint density at radius 3 is 2.87 bits per heavy atom. The van der Waals surface area contributed by atoms with Crippen molar-refractivity contribution in [3.05, 3.63) is 58.8 Å². The van der Waals surface area contributed by atoms with Gasteiger partial charge in [0.1, 0.15) is 0 Å². The minimum absolute atomic E-state index is 0.0427. The van der Waals surface area contributed by atoms with E-state index in [1.807, 2.05) is 18.2 Å². The van der Waals surface area contributed by atoms with Crippen molar-refractivity contribution in [2.45, 2.75) is 31.8 Å². The van der Waals surface area contributed by atoms with Crippen molar-refractivity contribution in [1.82, 2.24) is 24.7 Å². The first kappa shape index (κ1) is 22.5. The summed E-state index contributed by atoms with van der Waals surface area (Å²) in [5.41, 5.74) is 1.23. The lowest BCUT2D eigenvalue weighted by Gasteiger charge is -2.26. The van der Waals surface area contributed by atoms with Gasteiger partial charge in [-0.3, -0.25) is 14.3 Å². The number of hydrogen-bond donors (Lipinski definition) is 2. The molecule has 0 bridgehead atoms. The summed E-state index contributed by atoms with van der Waals surface area (Å²) < 4.78 is 1.51. The summed E-state index contributed by atoms with van der Waals surface area (Å²) in [6.45, 7) is 2.60. The Balaban J connectivity index is 1.43. The van der Waals surface area contributed by atoms with Crippen LogP contribution in [0, 0.1) is 0 Å². The number of amides is 3. The Labute approximate surface area is 182 Å². The predicted molar refractivity (Wildman–Crippen MR) is 119 cm³/mol. The zero-order chi connectivity index (χ0) is 22.2. The van der Waals surface area contributed by atoms with E-state index in [9.17, 15) is 14.4 Å². The molecule has 0 saturated carbocycles. The van der Waals surface area contributed by atoms with Gasteiger partial charge in [0.25, 0.3) is 0 Å². The van der Waals surface area contributed by atoms with Gasteiger partial charge in [-0.05, 0) is 49.6 Å². The fourth-order valence-corrected chi connectivity index (χ4v) is 3.78. The van der Waals surface area contributed by atoms with E-state index in [1.54, 1.807) is 37.3 Å². The summed E-state index contributed by atoms with van der Waals surface area (Å²) in [6, 6.07) is 8.75. The van der Waals surface area contributed by atoms with E-state index in [-0.39, 0.29) is 23.7 Å². The summed E-state index contributed by atoms with van der Waals surface area (Å²) in [7, 11) is 3.57. The van der Waals surface area contributed by atoms with Crippen LogP contribution in [0.1, 0.15) is 24.8 Å². The molecule has 0 radical (unpaired) electrons. The number of carbonyl (C=O) groups excluding carboxylic acids is 2. The van der Waals surface area contributed by atoms with Crippen molar-refractivity contribution in [2.75, 3.05) is 39.0 Å². The van der Waals surface area contributed by atoms with Crippen molar-refractivity contribution in [3.63, 3.8) is 0 Å². The van der Waals surface area contributed by atoms with Crippen LogP contribution in [-0.2, 0) is 11.3 Å². The monoisotopic (exact) mass is 426 g/mol. The average molecular weight is 427 g/mol. The quantitative estimate of drug-likeness (QED) is 0.621. The van der Waals surface area contributed by atoms with E-state index in [0.29, 0.717) is 18.8 Å². The lowest BCUT2D eigenvalue weighted by Crippen LogP contribution is -2.43. The maximum Gasteiger partial charge on any atom is 0.347 e. The van der Waals surface area contributed by atoms with Crippen LogP contribution in [0.3, 0.4) is 0 Å². The predicted octanol–water partition coefficient (Wildman–Crippen LogP) is 1.36. The zero-order valence-electron chi connectivity index (χ0n) is 18.1. The van der Waals surface area contributed by atoms with Crippen LogP contribution in [0.15, 0.2) is 47.5 Å². The van der Waals surface area contributed by atoms with Gasteiger partial charge >= 0.3 is 11.7 Å². The number of nitrogens with zero attached hydrogens (tertiary/aromatic N) is 4. The SMILES string of the molecule is CN(C)C(=O)[C@H]1CCCN1CCCNC(=O)Nc1cccc(Cn2cccnc2=O)c1. The number of carbonyl (C=O) groups is 2. The topological polar surface area (TPSA) is 99.6 Å². The van der Waals surface area contributed by atoms with Gasteiger partial charge in [0.05, 0.1) is 12.6 Å². The van der Waals surface area contributed by atoms with Gasteiger partial charge in [-0.1, -0.05) is 12.1 Å². The molecule has 2 N–H and O–H groups in total. The molecular formula is C22H30N6O3. The van der Waals surface area contributed by atoms with Crippen LogP contribution in [0.5, 0.6) is 0 Å². The first-order valence-electron chi connectivity index (χ1n) is 10.5. The molecule has 1 aliphatic heterocycles. The summed E-state index contributed by atoms with van der Waals surface area (Å²) in [6.07, 6.45) is 5.84. The third-order valence-electron chi connectivity index (χ3n) is 5.32. The van der Waals surface area contributed by atoms with Crippen LogP contribution >= 0.6 is 0 Å². The summed E-state index contributed by atoms with van der Waals surface area (Å²) in [4.78, 5) is 43.8. The Hall–Kier alpha value is -3.20. The molecule has 0 unspecified atom stereocenters. The molecule has 1 saturated heterocycles. The van der Waals surface area contributed by atoms with Crippen molar-refractivity contribution >= 4 is 17.6 Å². The fourth-order valence-electron chi connectivity index (χ4n) is 3.78. The summed E-state index contributed by atoms with van der Waals surface area (Å²) in [5, 5.41) is 5.69. The van der Waals surface area contributed by atoms with Crippen molar-refractivity contribution in [2.24, 2.45) is 0 Å². The van der Waals surface area contributed by atoms with E-state index in [4.69, 9.17) is 0 Å². The minimum atomic E-state index is -0.314. The first-order valence-corrected chi connectivity index (χ1v) is 10.5. The van der Waals surface area contributed by atoms with E-state index >= 15 is 0 Å². The molecule has 1 aromatic heterocycles. The van der Waals surface area contributed by atoms with Crippen molar-refractivity contribution in [3.8, 4) is 0 Å². The molecule has 2 aromatic rings. The number of benzene rings is 1. The van der Waals surface area contributed by atoms with Gasteiger partial charge in [0.2, 0.25) is 5.91 Å². The van der Waals surface area contributed by atoms with Crippen LogP contribution in [0.25, 0.3) is 0 Å². The molecule has 9 nitrogen and oxygen atoms in total. The number of anilines is 1. The standard InChI is InChI=1S/C22H30N6O3/c1-26(2)20(29)19-9-4-12-27(19)13-5-10-23-21(30)25-18-8-3-7-17(15-18)16-28-14-6-11-24-22(28)31/h3,6-8,11,14-15,19H,4-5,9-10,12-13,16H2,1-2H3,(H2,23,25,30)/t19-/m1/s1. The van der Waals surface area contributed by atoms with Gasteiger partial charge in [-0.15, -0.1) is 0 Å². The fraction of sp³-hybridized carbons (Fsp3) is 0.455. The summed E-state index contributed by atoms with van der Waals surface area (Å²) >= 11 is 0. The second-order valence-corrected chi connectivity index (χ2v) is 7.89. The molecule has 3 amide bonds. The Bertz CT molecular complexity index is 958. The molecule has 3 rings (SSSR count). The Morgan fingerprint density at radius 2 is 2.10 bits per heavy atom. The Kier molecular flexibility index (Phi) is 7.77. The number of aromatic nitrogens is 2. The molecular weight excluding hydrogens is 396 g/mol. The normalized spacial score (nSPS) is 16.1. The van der Waals surface area contributed by atoms with Gasteiger partial charge in [0.15, 0.2) is 0 Å². The van der Waals surface area contributed by atoms with E-state index < -0.39 is 0 Å². The van der Waals surface area contributed by atoms with Crippen LogP contribution in [-0.4, -0.2) is 71.1 Å². The number of likely N-dealkylation sites (tertiary alicyclic amines) is 1. The van der Waals surface area contributed by atoms with Crippen molar-refractivity contribution < 1.29 is 9.59 Å². The average Bonchev–Trinajstić information content (AvgIpc) is 3.21. The van der Waals surface area contributed by atoms with E-state index in [1.165, 1.54) is 10.8 Å². The highest BCUT2D eigenvalue weighted by Crippen LogP contribution is 2.18. The lowest BCUT2D eigenvalue weighted by atomic mass is 10.2. The highest BCUT2D eigenvalue weighted by Gasteiger charge is 2.30. The lowest BCUT2D eigenvalue weighted by molar-refractivity contribution is -0.133. The van der Waals surface area contributed by atoms with Gasteiger partial charge in [0, 0.05) is 45.3 Å². The molecule has 2 heterocycles. The smallest absolute Gasteiger partial charge is 0.347 e. The molecule has 166 valence electrons. The number of likely N-dealkylation sites (N-methyl/N-ethyl adjacent to an activating group) is 1. The molecule has 31 heavy (non-hydrogen) atoms. The second kappa shape index (κ2) is 10.7. The number of hydrogen-bond acceptors (Lipinski definition) is 5. The highest BCUT2D eigenvalue weighted by molar-refractivity contribution is 5.89. The molecule has 1 atom stereocenters. The van der Waals surface area contributed by atoms with Gasteiger partial charge in [-0.2, -0.15) is 0 Å². The number of urea groups is 1. The van der Waals surface area contributed by atoms with Crippen LogP contribution in [0.4, 0.5) is 10.5 Å². The van der Waals surface area contributed by atoms with Gasteiger partial charge in [-0.25, -0.2) is 14.6 Å². The minimum Gasteiger partial charge on any atom is -0.347 e. The Morgan fingerprint density at radius 1 is 1.26 bits per heavy atom. The maximum absolute atomic E-state index is 12.2.